The number of hydrogen-bond donors (Lipinski definition) is 1. The van der Waals surface area contributed by atoms with E-state index in [1.54, 1.807) is 7.11 Å². The van der Waals surface area contributed by atoms with Crippen LogP contribution in [0.4, 0.5) is 0 Å². The van der Waals surface area contributed by atoms with Crippen LogP contribution in [0.3, 0.4) is 0 Å². The first-order valence-corrected chi connectivity index (χ1v) is 6.05. The van der Waals surface area contributed by atoms with E-state index in [4.69, 9.17) is 4.74 Å². The molecule has 1 aliphatic carbocycles. The third-order valence-corrected chi connectivity index (χ3v) is 3.19. The standard InChI is InChI=1S/C14H21NO2/c1-15(2)10-11-4-5-13(17-3)12(8-11)9-14(16)6-7-14/h4-5,8,16H,6-7,9-10H2,1-3H3. The molecule has 1 fully saturated rings. The molecule has 0 saturated heterocycles. The number of nitrogens with zero attached hydrogens (tertiary/aromatic N) is 1. The third-order valence-electron chi connectivity index (χ3n) is 3.19. The fraction of sp³-hybridized carbons (Fsp3) is 0.571. The molecule has 1 aromatic carbocycles. The maximum Gasteiger partial charge on any atom is 0.122 e. The smallest absolute Gasteiger partial charge is 0.122 e. The Balaban J connectivity index is 2.19. The van der Waals surface area contributed by atoms with Crippen molar-refractivity contribution in [2.75, 3.05) is 21.2 Å². The van der Waals surface area contributed by atoms with Crippen molar-refractivity contribution in [1.29, 1.82) is 0 Å². The van der Waals surface area contributed by atoms with E-state index in [9.17, 15) is 5.11 Å². The summed E-state index contributed by atoms with van der Waals surface area (Å²) < 4.78 is 5.35. The highest BCUT2D eigenvalue weighted by Gasteiger charge is 2.40. The monoisotopic (exact) mass is 235 g/mol. The highest BCUT2D eigenvalue weighted by molar-refractivity contribution is 5.39. The van der Waals surface area contributed by atoms with Crippen LogP contribution < -0.4 is 4.74 Å². The van der Waals surface area contributed by atoms with Crippen LogP contribution in [0.1, 0.15) is 24.0 Å². The van der Waals surface area contributed by atoms with E-state index >= 15 is 0 Å². The minimum Gasteiger partial charge on any atom is -0.496 e. The second-order valence-corrected chi connectivity index (χ2v) is 5.29. The van der Waals surface area contributed by atoms with Gasteiger partial charge in [-0.15, -0.1) is 0 Å². The van der Waals surface area contributed by atoms with Gasteiger partial charge in [-0.1, -0.05) is 12.1 Å². The molecule has 0 aromatic heterocycles. The van der Waals surface area contributed by atoms with Gasteiger partial charge >= 0.3 is 0 Å². The molecule has 2 rings (SSSR count). The van der Waals surface area contributed by atoms with Crippen LogP contribution in [0, 0.1) is 0 Å². The largest absolute Gasteiger partial charge is 0.496 e. The molecule has 1 aliphatic rings. The van der Waals surface area contributed by atoms with Gasteiger partial charge in [0.25, 0.3) is 0 Å². The zero-order chi connectivity index (χ0) is 12.5. The van der Waals surface area contributed by atoms with Crippen molar-refractivity contribution in [2.45, 2.75) is 31.4 Å². The first kappa shape index (κ1) is 12.4. The Labute approximate surface area is 103 Å². The highest BCUT2D eigenvalue weighted by Crippen LogP contribution is 2.40. The van der Waals surface area contributed by atoms with Crippen LogP contribution in [-0.4, -0.2) is 36.8 Å². The Morgan fingerprint density at radius 2 is 2.06 bits per heavy atom. The second-order valence-electron chi connectivity index (χ2n) is 5.29. The van der Waals surface area contributed by atoms with Crippen molar-refractivity contribution < 1.29 is 9.84 Å². The zero-order valence-electron chi connectivity index (χ0n) is 10.9. The molecule has 3 heteroatoms. The van der Waals surface area contributed by atoms with Crippen LogP contribution in [0.15, 0.2) is 18.2 Å². The van der Waals surface area contributed by atoms with Gasteiger partial charge in [0.2, 0.25) is 0 Å². The SMILES string of the molecule is COc1ccc(CN(C)C)cc1CC1(O)CC1. The number of hydrogen-bond acceptors (Lipinski definition) is 3. The van der Waals surface area contributed by atoms with Gasteiger partial charge < -0.3 is 14.7 Å². The van der Waals surface area contributed by atoms with E-state index in [-0.39, 0.29) is 0 Å². The number of ether oxygens (including phenoxy) is 1. The fourth-order valence-electron chi connectivity index (χ4n) is 2.11. The quantitative estimate of drug-likeness (QED) is 0.845. The van der Waals surface area contributed by atoms with E-state index in [0.717, 1.165) is 30.7 Å². The van der Waals surface area contributed by atoms with Gasteiger partial charge in [-0.3, -0.25) is 0 Å². The molecule has 3 nitrogen and oxygen atoms in total. The van der Waals surface area contributed by atoms with Gasteiger partial charge in [0.05, 0.1) is 12.7 Å². The molecule has 0 heterocycles. The van der Waals surface area contributed by atoms with Gasteiger partial charge in [-0.2, -0.15) is 0 Å². The van der Waals surface area contributed by atoms with E-state index in [2.05, 4.69) is 31.1 Å². The lowest BCUT2D eigenvalue weighted by Gasteiger charge is -2.15. The number of methoxy groups -OCH3 is 1. The van der Waals surface area contributed by atoms with Crippen LogP contribution in [0.25, 0.3) is 0 Å². The van der Waals surface area contributed by atoms with E-state index < -0.39 is 5.60 Å². The molecular formula is C14H21NO2. The summed E-state index contributed by atoms with van der Waals surface area (Å²) in [7, 11) is 5.79. The van der Waals surface area contributed by atoms with Crippen molar-refractivity contribution in [1.82, 2.24) is 4.90 Å². The van der Waals surface area contributed by atoms with Crippen molar-refractivity contribution in [2.24, 2.45) is 0 Å². The Bertz CT molecular complexity index is 397. The first-order chi connectivity index (χ1) is 8.02. The average molecular weight is 235 g/mol. The summed E-state index contributed by atoms with van der Waals surface area (Å²) in [6, 6.07) is 6.23. The van der Waals surface area contributed by atoms with Crippen LogP contribution in [-0.2, 0) is 13.0 Å². The van der Waals surface area contributed by atoms with Gasteiger partial charge in [-0.25, -0.2) is 0 Å². The summed E-state index contributed by atoms with van der Waals surface area (Å²) in [6.07, 6.45) is 2.53. The summed E-state index contributed by atoms with van der Waals surface area (Å²) in [5, 5.41) is 10.0. The molecule has 17 heavy (non-hydrogen) atoms. The van der Waals surface area contributed by atoms with Crippen LogP contribution >= 0.6 is 0 Å². The number of benzene rings is 1. The Hall–Kier alpha value is -1.06. The molecule has 94 valence electrons. The zero-order valence-corrected chi connectivity index (χ0v) is 10.9. The fourth-order valence-corrected chi connectivity index (χ4v) is 2.11. The minimum atomic E-state index is -0.468. The lowest BCUT2D eigenvalue weighted by atomic mass is 10.0. The van der Waals surface area contributed by atoms with Crippen LogP contribution in [0.2, 0.25) is 0 Å². The normalized spacial score (nSPS) is 17.2. The van der Waals surface area contributed by atoms with Crippen molar-refractivity contribution in [3.8, 4) is 5.75 Å². The van der Waals surface area contributed by atoms with E-state index in [1.807, 2.05) is 6.07 Å². The molecule has 1 aromatic rings. The maximum atomic E-state index is 10.0. The van der Waals surface area contributed by atoms with Gasteiger partial charge in [0.15, 0.2) is 0 Å². The van der Waals surface area contributed by atoms with Gasteiger partial charge in [0.1, 0.15) is 5.75 Å². The summed E-state index contributed by atoms with van der Waals surface area (Å²) in [4.78, 5) is 2.14. The van der Waals surface area contributed by atoms with E-state index in [1.165, 1.54) is 5.56 Å². The second kappa shape index (κ2) is 4.67. The average Bonchev–Trinajstić information content (AvgIpc) is 2.95. The molecule has 1 N–H and O–H groups in total. The molecule has 0 aliphatic heterocycles. The topological polar surface area (TPSA) is 32.7 Å². The number of rotatable bonds is 5. The van der Waals surface area contributed by atoms with Crippen molar-refractivity contribution in [3.05, 3.63) is 29.3 Å². The molecule has 0 atom stereocenters. The summed E-state index contributed by atoms with van der Waals surface area (Å²) in [5.74, 6) is 0.882. The van der Waals surface area contributed by atoms with Gasteiger partial charge in [0, 0.05) is 13.0 Å². The summed E-state index contributed by atoms with van der Waals surface area (Å²) >= 11 is 0. The Morgan fingerprint density at radius 3 is 2.59 bits per heavy atom. The Kier molecular flexibility index (Phi) is 3.40. The molecule has 0 bridgehead atoms. The summed E-state index contributed by atoms with van der Waals surface area (Å²) in [5.41, 5.74) is 1.91. The first-order valence-electron chi connectivity index (χ1n) is 6.05. The highest BCUT2D eigenvalue weighted by atomic mass is 16.5. The molecular weight excluding hydrogens is 214 g/mol. The lowest BCUT2D eigenvalue weighted by molar-refractivity contribution is 0.150. The van der Waals surface area contributed by atoms with Crippen molar-refractivity contribution >= 4 is 0 Å². The Morgan fingerprint density at radius 1 is 1.35 bits per heavy atom. The lowest BCUT2D eigenvalue weighted by Crippen LogP contribution is -2.14. The van der Waals surface area contributed by atoms with Crippen LogP contribution in [0.5, 0.6) is 5.75 Å². The third kappa shape index (κ3) is 3.20. The molecule has 0 radical (unpaired) electrons. The minimum absolute atomic E-state index is 0.468. The maximum absolute atomic E-state index is 10.0. The van der Waals surface area contributed by atoms with E-state index in [0.29, 0.717) is 6.42 Å². The molecule has 0 spiro atoms. The predicted molar refractivity (Wildman–Crippen MR) is 68.3 cm³/mol. The predicted octanol–water partition coefficient (Wildman–Crippen LogP) is 1.82. The van der Waals surface area contributed by atoms with Gasteiger partial charge in [-0.05, 0) is 44.1 Å². The van der Waals surface area contributed by atoms with Crippen molar-refractivity contribution in [3.63, 3.8) is 0 Å². The molecule has 0 unspecified atom stereocenters. The molecule has 0 amide bonds. The number of aliphatic hydroxyl groups is 1. The summed E-state index contributed by atoms with van der Waals surface area (Å²) in [6.45, 7) is 0.912. The molecule has 1 saturated carbocycles.